The zero-order valence-corrected chi connectivity index (χ0v) is 13.1. The highest BCUT2D eigenvalue weighted by Gasteiger charge is 2.32. The van der Waals surface area contributed by atoms with Gasteiger partial charge in [0.2, 0.25) is 0 Å². The Bertz CT molecular complexity index is 395. The van der Waals surface area contributed by atoms with Gasteiger partial charge in [0, 0.05) is 12.6 Å². The summed E-state index contributed by atoms with van der Waals surface area (Å²) >= 11 is 0. The number of benzene rings is 1. The zero-order valence-electron chi connectivity index (χ0n) is 13.1. The van der Waals surface area contributed by atoms with E-state index in [2.05, 4.69) is 49.5 Å². The third-order valence-corrected chi connectivity index (χ3v) is 4.18. The smallest absolute Gasteiger partial charge is 0.0517 e. The fourth-order valence-electron chi connectivity index (χ4n) is 3.05. The van der Waals surface area contributed by atoms with Crippen LogP contribution in [0.5, 0.6) is 0 Å². The topological polar surface area (TPSA) is 32.3 Å². The number of aliphatic hydroxyl groups excluding tert-OH is 1. The van der Waals surface area contributed by atoms with Crippen molar-refractivity contribution in [3.63, 3.8) is 0 Å². The Hall–Kier alpha value is -0.860. The van der Waals surface area contributed by atoms with Gasteiger partial charge in [0.05, 0.1) is 6.10 Å². The molecule has 1 aromatic rings. The Balaban J connectivity index is 1.87. The van der Waals surface area contributed by atoms with E-state index in [0.717, 1.165) is 25.3 Å². The van der Waals surface area contributed by atoms with E-state index >= 15 is 0 Å². The standard InChI is InChI=1S/C18H29NO/c1-14(20)12-18(2,3)13-19-17(16-9-10-16)11-15-7-5-4-6-8-15/h4-8,14,16-17,19-20H,9-13H2,1-3H3. The van der Waals surface area contributed by atoms with E-state index in [4.69, 9.17) is 0 Å². The average Bonchev–Trinajstić information content (AvgIpc) is 3.18. The Morgan fingerprint density at radius 2 is 1.90 bits per heavy atom. The molecule has 2 rings (SSSR count). The monoisotopic (exact) mass is 275 g/mol. The van der Waals surface area contributed by atoms with Gasteiger partial charge >= 0.3 is 0 Å². The van der Waals surface area contributed by atoms with Gasteiger partial charge in [-0.1, -0.05) is 44.2 Å². The van der Waals surface area contributed by atoms with Crippen molar-refractivity contribution in [2.24, 2.45) is 11.3 Å². The molecule has 0 aliphatic heterocycles. The van der Waals surface area contributed by atoms with E-state index in [9.17, 15) is 5.11 Å². The molecule has 1 aliphatic carbocycles. The Morgan fingerprint density at radius 3 is 2.45 bits per heavy atom. The Labute approximate surface area is 123 Å². The second-order valence-corrected chi connectivity index (χ2v) is 7.23. The quantitative estimate of drug-likeness (QED) is 0.762. The molecule has 2 heteroatoms. The molecule has 112 valence electrons. The molecule has 0 saturated heterocycles. The molecule has 2 N–H and O–H groups in total. The summed E-state index contributed by atoms with van der Waals surface area (Å²) < 4.78 is 0. The molecule has 0 aromatic heterocycles. The van der Waals surface area contributed by atoms with Gasteiger partial charge in [0.25, 0.3) is 0 Å². The molecule has 0 spiro atoms. The summed E-state index contributed by atoms with van der Waals surface area (Å²) in [6, 6.07) is 11.4. The van der Waals surface area contributed by atoms with Crippen molar-refractivity contribution in [1.82, 2.24) is 5.32 Å². The Kier molecular flexibility index (Phi) is 5.22. The summed E-state index contributed by atoms with van der Waals surface area (Å²) in [5, 5.41) is 13.3. The van der Waals surface area contributed by atoms with Gasteiger partial charge in [-0.3, -0.25) is 0 Å². The van der Waals surface area contributed by atoms with Gasteiger partial charge in [0.15, 0.2) is 0 Å². The minimum Gasteiger partial charge on any atom is -0.393 e. The minimum atomic E-state index is -0.222. The summed E-state index contributed by atoms with van der Waals surface area (Å²) in [4.78, 5) is 0. The first-order valence-electron chi connectivity index (χ1n) is 7.92. The van der Waals surface area contributed by atoms with Crippen LogP contribution < -0.4 is 5.32 Å². The van der Waals surface area contributed by atoms with Crippen LogP contribution in [0.1, 0.15) is 45.6 Å². The molecule has 1 saturated carbocycles. The lowest BCUT2D eigenvalue weighted by Crippen LogP contribution is -2.40. The molecule has 0 heterocycles. The van der Waals surface area contributed by atoms with Gasteiger partial charge in [-0.2, -0.15) is 0 Å². The van der Waals surface area contributed by atoms with Crippen LogP contribution in [0.25, 0.3) is 0 Å². The number of hydrogen-bond donors (Lipinski definition) is 2. The van der Waals surface area contributed by atoms with Crippen LogP contribution in [0.4, 0.5) is 0 Å². The van der Waals surface area contributed by atoms with E-state index in [0.29, 0.717) is 6.04 Å². The van der Waals surface area contributed by atoms with Crippen LogP contribution in [0.15, 0.2) is 30.3 Å². The number of hydrogen-bond acceptors (Lipinski definition) is 2. The normalized spacial score (nSPS) is 18.8. The second kappa shape index (κ2) is 6.73. The summed E-state index contributed by atoms with van der Waals surface area (Å²) in [7, 11) is 0. The van der Waals surface area contributed by atoms with Gasteiger partial charge < -0.3 is 10.4 Å². The SMILES string of the molecule is CC(O)CC(C)(C)CNC(Cc1ccccc1)C1CC1. The van der Waals surface area contributed by atoms with Crippen LogP contribution in [-0.4, -0.2) is 23.8 Å². The molecule has 20 heavy (non-hydrogen) atoms. The number of rotatable bonds is 8. The summed E-state index contributed by atoms with van der Waals surface area (Å²) in [6.45, 7) is 7.33. The third-order valence-electron chi connectivity index (χ3n) is 4.18. The van der Waals surface area contributed by atoms with Crippen molar-refractivity contribution in [2.75, 3.05) is 6.54 Å². The maximum atomic E-state index is 9.58. The average molecular weight is 275 g/mol. The van der Waals surface area contributed by atoms with Crippen molar-refractivity contribution >= 4 is 0 Å². The van der Waals surface area contributed by atoms with Crippen LogP contribution in [0.2, 0.25) is 0 Å². The van der Waals surface area contributed by atoms with E-state index in [1.807, 2.05) is 6.92 Å². The molecular formula is C18H29NO. The van der Waals surface area contributed by atoms with Crippen LogP contribution in [-0.2, 0) is 6.42 Å². The first kappa shape index (κ1) is 15.5. The lowest BCUT2D eigenvalue weighted by Gasteiger charge is -2.29. The van der Waals surface area contributed by atoms with Crippen molar-refractivity contribution < 1.29 is 5.11 Å². The second-order valence-electron chi connectivity index (χ2n) is 7.23. The number of aliphatic hydroxyl groups is 1. The molecule has 2 unspecified atom stereocenters. The largest absolute Gasteiger partial charge is 0.393 e. The van der Waals surface area contributed by atoms with Crippen LogP contribution in [0.3, 0.4) is 0 Å². The van der Waals surface area contributed by atoms with E-state index in [1.165, 1.54) is 18.4 Å². The fourth-order valence-corrected chi connectivity index (χ4v) is 3.05. The van der Waals surface area contributed by atoms with E-state index in [-0.39, 0.29) is 11.5 Å². The molecular weight excluding hydrogens is 246 g/mol. The first-order chi connectivity index (χ1) is 9.46. The highest BCUT2D eigenvalue weighted by Crippen LogP contribution is 2.34. The van der Waals surface area contributed by atoms with Crippen molar-refractivity contribution in [2.45, 2.75) is 58.6 Å². The maximum Gasteiger partial charge on any atom is 0.0517 e. The van der Waals surface area contributed by atoms with Gasteiger partial charge in [0.1, 0.15) is 0 Å². The minimum absolute atomic E-state index is 0.151. The van der Waals surface area contributed by atoms with Gasteiger partial charge in [-0.15, -0.1) is 0 Å². The van der Waals surface area contributed by atoms with E-state index < -0.39 is 0 Å². The molecule has 0 radical (unpaired) electrons. The zero-order chi connectivity index (χ0) is 14.6. The molecule has 1 aliphatic rings. The summed E-state index contributed by atoms with van der Waals surface area (Å²) in [5.41, 5.74) is 1.57. The van der Waals surface area contributed by atoms with Crippen LogP contribution in [0, 0.1) is 11.3 Å². The predicted molar refractivity (Wildman–Crippen MR) is 84.7 cm³/mol. The highest BCUT2D eigenvalue weighted by molar-refractivity contribution is 5.16. The molecule has 1 fully saturated rings. The molecule has 2 atom stereocenters. The van der Waals surface area contributed by atoms with Gasteiger partial charge in [-0.25, -0.2) is 0 Å². The van der Waals surface area contributed by atoms with Crippen molar-refractivity contribution in [1.29, 1.82) is 0 Å². The number of nitrogens with one attached hydrogen (secondary N) is 1. The third kappa shape index (κ3) is 5.26. The lowest BCUT2D eigenvalue weighted by molar-refractivity contribution is 0.125. The summed E-state index contributed by atoms with van der Waals surface area (Å²) in [5.74, 6) is 0.845. The summed E-state index contributed by atoms with van der Waals surface area (Å²) in [6.07, 6.45) is 4.47. The maximum absolute atomic E-state index is 9.58. The van der Waals surface area contributed by atoms with Gasteiger partial charge in [-0.05, 0) is 49.5 Å². The lowest BCUT2D eigenvalue weighted by atomic mass is 9.86. The molecule has 2 nitrogen and oxygen atoms in total. The first-order valence-corrected chi connectivity index (χ1v) is 7.92. The predicted octanol–water partition coefficient (Wildman–Crippen LogP) is 3.39. The highest BCUT2D eigenvalue weighted by atomic mass is 16.3. The van der Waals surface area contributed by atoms with Crippen molar-refractivity contribution in [3.05, 3.63) is 35.9 Å². The molecule has 1 aromatic carbocycles. The molecule has 0 bridgehead atoms. The van der Waals surface area contributed by atoms with Crippen molar-refractivity contribution in [3.8, 4) is 0 Å². The van der Waals surface area contributed by atoms with Crippen LogP contribution >= 0.6 is 0 Å². The fraction of sp³-hybridized carbons (Fsp3) is 0.667. The van der Waals surface area contributed by atoms with E-state index in [1.54, 1.807) is 0 Å². The Morgan fingerprint density at radius 1 is 1.25 bits per heavy atom. The molecule has 0 amide bonds.